The summed E-state index contributed by atoms with van der Waals surface area (Å²) in [5.74, 6) is -1.89. The van der Waals surface area contributed by atoms with Gasteiger partial charge in [-0.2, -0.15) is 5.26 Å². The van der Waals surface area contributed by atoms with Crippen LogP contribution in [0.15, 0.2) is 36.4 Å². The number of benzene rings is 2. The smallest absolute Gasteiger partial charge is 0.342 e. The zero-order chi connectivity index (χ0) is 20.1. The minimum absolute atomic E-state index is 0.0502. The van der Waals surface area contributed by atoms with E-state index in [2.05, 4.69) is 5.32 Å². The Bertz CT molecular complexity index is 964. The van der Waals surface area contributed by atoms with Crippen LogP contribution in [-0.4, -0.2) is 28.0 Å². The maximum atomic E-state index is 12.2. The second kappa shape index (κ2) is 7.97. The van der Waals surface area contributed by atoms with Gasteiger partial charge >= 0.3 is 5.97 Å². The fraction of sp³-hybridized carbons (Fsp3) is 0.167. The number of amides is 1. The van der Waals surface area contributed by atoms with E-state index < -0.39 is 22.9 Å². The van der Waals surface area contributed by atoms with Gasteiger partial charge < -0.3 is 15.2 Å². The Labute approximate surface area is 154 Å². The Kier molecular flexibility index (Phi) is 5.72. The molecule has 0 fully saturated rings. The molecule has 0 bridgehead atoms. The number of nitro groups is 1. The standard InChI is InChI=1S/C18H15N3O6/c1-10-3-5-14(16(22)7-10)18(24)27-11(2)17(23)20-15-6-4-13(21(25)26)8-12(15)9-19/h3-8,11,22H,1-2H3,(H,20,23)/t11-/m1/s1. The van der Waals surface area contributed by atoms with Gasteiger partial charge in [0, 0.05) is 12.1 Å². The van der Waals surface area contributed by atoms with Crippen LogP contribution < -0.4 is 5.32 Å². The van der Waals surface area contributed by atoms with E-state index in [0.717, 1.165) is 17.7 Å². The quantitative estimate of drug-likeness (QED) is 0.468. The molecule has 0 aliphatic rings. The number of hydrogen-bond donors (Lipinski definition) is 2. The van der Waals surface area contributed by atoms with Crippen molar-refractivity contribution in [1.29, 1.82) is 5.26 Å². The van der Waals surface area contributed by atoms with E-state index in [-0.39, 0.29) is 28.3 Å². The third-order valence-corrected chi connectivity index (χ3v) is 3.62. The average Bonchev–Trinajstić information content (AvgIpc) is 2.61. The van der Waals surface area contributed by atoms with Crippen LogP contribution in [0.1, 0.15) is 28.4 Å². The van der Waals surface area contributed by atoms with Gasteiger partial charge in [0.05, 0.1) is 16.2 Å². The van der Waals surface area contributed by atoms with Gasteiger partial charge in [-0.05, 0) is 37.6 Å². The lowest BCUT2D eigenvalue weighted by Crippen LogP contribution is -2.30. The molecule has 9 heteroatoms. The van der Waals surface area contributed by atoms with Gasteiger partial charge in [-0.3, -0.25) is 14.9 Å². The highest BCUT2D eigenvalue weighted by Gasteiger charge is 2.22. The predicted molar refractivity (Wildman–Crippen MR) is 94.2 cm³/mol. The minimum Gasteiger partial charge on any atom is -0.507 e. The highest BCUT2D eigenvalue weighted by Crippen LogP contribution is 2.23. The fourth-order valence-electron chi connectivity index (χ4n) is 2.17. The number of esters is 1. The van der Waals surface area contributed by atoms with Crippen LogP contribution in [0, 0.1) is 28.4 Å². The minimum atomic E-state index is -1.24. The first-order chi connectivity index (χ1) is 12.7. The summed E-state index contributed by atoms with van der Waals surface area (Å²) in [6.45, 7) is 3.05. The van der Waals surface area contributed by atoms with Crippen LogP contribution in [0.5, 0.6) is 5.75 Å². The largest absolute Gasteiger partial charge is 0.507 e. The Hall–Kier alpha value is -3.93. The highest BCUT2D eigenvalue weighted by molar-refractivity contribution is 5.99. The number of carbonyl (C=O) groups is 2. The average molecular weight is 369 g/mol. The van der Waals surface area contributed by atoms with Crippen LogP contribution in [0.25, 0.3) is 0 Å². The molecule has 0 saturated heterocycles. The molecular weight excluding hydrogens is 354 g/mol. The summed E-state index contributed by atoms with van der Waals surface area (Å²) >= 11 is 0. The lowest BCUT2D eigenvalue weighted by Gasteiger charge is -2.14. The molecule has 0 radical (unpaired) electrons. The topological polar surface area (TPSA) is 143 Å². The van der Waals surface area contributed by atoms with Gasteiger partial charge in [-0.25, -0.2) is 4.79 Å². The molecule has 0 saturated carbocycles. The molecular formula is C18H15N3O6. The number of phenolic OH excluding ortho intramolecular Hbond substituents is 1. The van der Waals surface area contributed by atoms with E-state index in [4.69, 9.17) is 10.00 Å². The first-order valence-corrected chi connectivity index (χ1v) is 7.73. The number of aromatic hydroxyl groups is 1. The van der Waals surface area contributed by atoms with Crippen LogP contribution >= 0.6 is 0 Å². The second-order valence-electron chi connectivity index (χ2n) is 5.66. The van der Waals surface area contributed by atoms with Crippen LogP contribution in [0.3, 0.4) is 0 Å². The normalized spacial score (nSPS) is 11.1. The first-order valence-electron chi connectivity index (χ1n) is 7.73. The number of carbonyl (C=O) groups excluding carboxylic acids is 2. The molecule has 0 heterocycles. The maximum absolute atomic E-state index is 12.2. The summed E-state index contributed by atoms with van der Waals surface area (Å²) in [5, 5.41) is 32.0. The summed E-state index contributed by atoms with van der Waals surface area (Å²) in [5.41, 5.74) is 0.311. The summed E-state index contributed by atoms with van der Waals surface area (Å²) in [4.78, 5) is 34.4. The van der Waals surface area contributed by atoms with Crippen LogP contribution in [-0.2, 0) is 9.53 Å². The Morgan fingerprint density at radius 2 is 2.00 bits per heavy atom. The van der Waals surface area contributed by atoms with Gasteiger partial charge in [-0.15, -0.1) is 0 Å². The molecule has 9 nitrogen and oxygen atoms in total. The molecule has 0 aliphatic heterocycles. The molecule has 2 N–H and O–H groups in total. The number of nitrogens with zero attached hydrogens (tertiary/aromatic N) is 2. The van der Waals surface area contributed by atoms with Crippen LogP contribution in [0.2, 0.25) is 0 Å². The molecule has 0 aliphatic carbocycles. The molecule has 27 heavy (non-hydrogen) atoms. The number of nitro benzene ring substituents is 1. The Morgan fingerprint density at radius 3 is 2.59 bits per heavy atom. The van der Waals surface area contributed by atoms with Crippen molar-refractivity contribution in [2.24, 2.45) is 0 Å². The fourth-order valence-corrected chi connectivity index (χ4v) is 2.17. The number of rotatable bonds is 5. The lowest BCUT2D eigenvalue weighted by molar-refractivity contribution is -0.384. The van der Waals surface area contributed by atoms with Gasteiger partial charge in [0.1, 0.15) is 17.4 Å². The third kappa shape index (κ3) is 4.58. The van der Waals surface area contributed by atoms with Gasteiger partial charge in [0.15, 0.2) is 6.10 Å². The molecule has 2 aromatic rings. The SMILES string of the molecule is Cc1ccc(C(=O)O[C@H](C)C(=O)Nc2ccc([N+](=O)[O-])cc2C#N)c(O)c1. The zero-order valence-corrected chi connectivity index (χ0v) is 14.4. The molecule has 1 amide bonds. The number of phenols is 1. The van der Waals surface area contributed by atoms with Gasteiger partial charge in [0.25, 0.3) is 11.6 Å². The Morgan fingerprint density at radius 1 is 1.30 bits per heavy atom. The van der Waals surface area contributed by atoms with Gasteiger partial charge in [0.2, 0.25) is 0 Å². The molecule has 1 atom stereocenters. The predicted octanol–water partition coefficient (Wildman–Crippen LogP) is 2.66. The van der Waals surface area contributed by atoms with Crippen LogP contribution in [0.4, 0.5) is 11.4 Å². The summed E-state index contributed by atoms with van der Waals surface area (Å²) < 4.78 is 5.02. The van der Waals surface area contributed by atoms with Crippen molar-refractivity contribution in [2.75, 3.05) is 5.32 Å². The third-order valence-electron chi connectivity index (χ3n) is 3.62. The monoisotopic (exact) mass is 369 g/mol. The maximum Gasteiger partial charge on any atom is 0.342 e. The van der Waals surface area contributed by atoms with Gasteiger partial charge in [-0.1, -0.05) is 6.07 Å². The van der Waals surface area contributed by atoms with E-state index in [9.17, 15) is 24.8 Å². The van der Waals surface area contributed by atoms with E-state index in [1.165, 1.54) is 25.1 Å². The second-order valence-corrected chi connectivity index (χ2v) is 5.66. The molecule has 0 spiro atoms. The molecule has 2 rings (SSSR count). The first kappa shape index (κ1) is 19.4. The molecule has 138 valence electrons. The van der Waals surface area contributed by atoms with E-state index in [0.29, 0.717) is 0 Å². The zero-order valence-electron chi connectivity index (χ0n) is 14.4. The molecule has 2 aromatic carbocycles. The molecule has 0 unspecified atom stereocenters. The summed E-state index contributed by atoms with van der Waals surface area (Å²) in [6.07, 6.45) is -1.24. The highest BCUT2D eigenvalue weighted by atomic mass is 16.6. The van der Waals surface area contributed by atoms with E-state index in [1.807, 2.05) is 0 Å². The Balaban J connectivity index is 2.11. The molecule has 0 aromatic heterocycles. The van der Waals surface area contributed by atoms with Crippen molar-refractivity contribution in [2.45, 2.75) is 20.0 Å². The number of anilines is 1. The number of non-ortho nitro benzene ring substituents is 1. The van der Waals surface area contributed by atoms with Crippen molar-refractivity contribution in [3.05, 3.63) is 63.2 Å². The number of hydrogen-bond acceptors (Lipinski definition) is 7. The van der Waals surface area contributed by atoms with Crippen molar-refractivity contribution >= 4 is 23.3 Å². The lowest BCUT2D eigenvalue weighted by atomic mass is 10.1. The van der Waals surface area contributed by atoms with E-state index in [1.54, 1.807) is 19.1 Å². The number of ether oxygens (including phenoxy) is 1. The van der Waals surface area contributed by atoms with Crippen molar-refractivity contribution in [3.8, 4) is 11.8 Å². The van der Waals surface area contributed by atoms with Crippen molar-refractivity contribution < 1.29 is 24.4 Å². The van der Waals surface area contributed by atoms with Crippen molar-refractivity contribution in [1.82, 2.24) is 0 Å². The van der Waals surface area contributed by atoms with Crippen molar-refractivity contribution in [3.63, 3.8) is 0 Å². The summed E-state index contributed by atoms with van der Waals surface area (Å²) in [6, 6.07) is 9.50. The summed E-state index contributed by atoms with van der Waals surface area (Å²) in [7, 11) is 0. The number of nitrogens with one attached hydrogen (secondary N) is 1. The van der Waals surface area contributed by atoms with E-state index >= 15 is 0 Å². The number of nitriles is 1. The number of aryl methyl sites for hydroxylation is 1.